The van der Waals surface area contributed by atoms with Crippen LogP contribution in [0.1, 0.15) is 31.4 Å². The van der Waals surface area contributed by atoms with E-state index >= 15 is 0 Å². The summed E-state index contributed by atoms with van der Waals surface area (Å²) in [6, 6.07) is 12.2. The van der Waals surface area contributed by atoms with E-state index in [1.807, 2.05) is 38.1 Å². The Morgan fingerprint density at radius 2 is 2.00 bits per heavy atom. The first-order valence-corrected chi connectivity index (χ1v) is 10.7. The molecule has 0 aliphatic carbocycles. The first kappa shape index (κ1) is 23.2. The van der Waals surface area contributed by atoms with Gasteiger partial charge in [0.05, 0.1) is 0 Å². The quantitative estimate of drug-likeness (QED) is 0.563. The first-order valence-electron chi connectivity index (χ1n) is 9.52. The topological polar surface area (TPSA) is 58.6 Å². The fourth-order valence-corrected chi connectivity index (χ4v) is 3.21. The van der Waals surface area contributed by atoms with E-state index in [4.69, 9.17) is 16.3 Å². The average molecular weight is 482 g/mol. The predicted molar refractivity (Wildman–Crippen MR) is 119 cm³/mol. The van der Waals surface area contributed by atoms with Crippen molar-refractivity contribution in [1.29, 1.82) is 0 Å². The van der Waals surface area contributed by atoms with Crippen molar-refractivity contribution in [1.82, 2.24) is 10.2 Å². The van der Waals surface area contributed by atoms with Crippen LogP contribution in [0.5, 0.6) is 5.75 Å². The van der Waals surface area contributed by atoms with Crippen molar-refractivity contribution in [2.75, 3.05) is 13.2 Å². The summed E-state index contributed by atoms with van der Waals surface area (Å²) >= 11 is 9.52. The van der Waals surface area contributed by atoms with E-state index in [0.29, 0.717) is 17.3 Å². The van der Waals surface area contributed by atoms with E-state index in [2.05, 4.69) is 21.2 Å². The predicted octanol–water partition coefficient (Wildman–Crippen LogP) is 4.73. The monoisotopic (exact) mass is 480 g/mol. The number of halogens is 2. The Morgan fingerprint density at radius 1 is 1.24 bits per heavy atom. The molecule has 2 aromatic rings. The molecule has 1 atom stereocenters. The van der Waals surface area contributed by atoms with E-state index < -0.39 is 6.04 Å². The van der Waals surface area contributed by atoms with Crippen molar-refractivity contribution in [3.8, 4) is 5.75 Å². The van der Waals surface area contributed by atoms with Crippen LogP contribution in [0.25, 0.3) is 0 Å². The van der Waals surface area contributed by atoms with Crippen LogP contribution in [-0.4, -0.2) is 35.9 Å². The van der Waals surface area contributed by atoms with Crippen LogP contribution in [-0.2, 0) is 16.1 Å². The highest BCUT2D eigenvalue weighted by Crippen LogP contribution is 2.22. The molecule has 0 saturated heterocycles. The SMILES string of the molecule is CCCNC(=O)[C@H](C)N(Cc1cccc(Cl)c1)C(=O)COc1ccc(Br)c(C)c1. The summed E-state index contributed by atoms with van der Waals surface area (Å²) < 4.78 is 6.66. The summed E-state index contributed by atoms with van der Waals surface area (Å²) in [6.45, 7) is 6.32. The molecule has 2 aromatic carbocycles. The molecule has 29 heavy (non-hydrogen) atoms. The van der Waals surface area contributed by atoms with Gasteiger partial charge >= 0.3 is 0 Å². The molecule has 5 nitrogen and oxygen atoms in total. The second-order valence-electron chi connectivity index (χ2n) is 6.82. The van der Waals surface area contributed by atoms with Gasteiger partial charge in [0.1, 0.15) is 11.8 Å². The molecule has 0 unspecified atom stereocenters. The highest BCUT2D eigenvalue weighted by molar-refractivity contribution is 9.10. The molecule has 0 aromatic heterocycles. The summed E-state index contributed by atoms with van der Waals surface area (Å²) in [6.07, 6.45) is 0.826. The number of ether oxygens (including phenoxy) is 1. The molecule has 0 aliphatic rings. The molecule has 0 bridgehead atoms. The van der Waals surface area contributed by atoms with Crippen LogP contribution in [0.15, 0.2) is 46.9 Å². The van der Waals surface area contributed by atoms with Gasteiger partial charge < -0.3 is 15.0 Å². The van der Waals surface area contributed by atoms with Crippen LogP contribution in [0.3, 0.4) is 0 Å². The fraction of sp³-hybridized carbons (Fsp3) is 0.364. The van der Waals surface area contributed by atoms with Crippen LogP contribution in [0, 0.1) is 6.92 Å². The van der Waals surface area contributed by atoms with Crippen LogP contribution in [0.2, 0.25) is 5.02 Å². The molecular weight excluding hydrogens is 456 g/mol. The maximum Gasteiger partial charge on any atom is 0.261 e. The van der Waals surface area contributed by atoms with Crippen molar-refractivity contribution in [2.24, 2.45) is 0 Å². The van der Waals surface area contributed by atoms with Gasteiger partial charge in [-0.25, -0.2) is 0 Å². The van der Waals surface area contributed by atoms with Crippen LogP contribution in [0.4, 0.5) is 0 Å². The third kappa shape index (κ3) is 7.05. The lowest BCUT2D eigenvalue weighted by Crippen LogP contribution is -2.49. The van der Waals surface area contributed by atoms with E-state index in [1.54, 1.807) is 25.1 Å². The Morgan fingerprint density at radius 3 is 2.66 bits per heavy atom. The highest BCUT2D eigenvalue weighted by Gasteiger charge is 2.26. The summed E-state index contributed by atoms with van der Waals surface area (Å²) in [5, 5.41) is 3.43. The standard InChI is InChI=1S/C22H26BrClN2O3/c1-4-10-25-22(28)16(3)26(13-17-6-5-7-18(24)12-17)21(27)14-29-19-8-9-20(23)15(2)11-19/h5-9,11-12,16H,4,10,13-14H2,1-3H3,(H,25,28)/t16-/m0/s1. The Balaban J connectivity index is 2.14. The number of carbonyl (C=O) groups excluding carboxylic acids is 2. The molecule has 2 rings (SSSR count). The third-order valence-electron chi connectivity index (χ3n) is 4.45. The van der Waals surface area contributed by atoms with Gasteiger partial charge in [0.25, 0.3) is 5.91 Å². The van der Waals surface area contributed by atoms with E-state index in [9.17, 15) is 9.59 Å². The summed E-state index contributed by atoms with van der Waals surface area (Å²) in [7, 11) is 0. The maximum atomic E-state index is 13.0. The van der Waals surface area contributed by atoms with Crippen molar-refractivity contribution >= 4 is 39.3 Å². The summed E-state index contributed by atoms with van der Waals surface area (Å²) in [5.41, 5.74) is 1.86. The minimum atomic E-state index is -0.636. The van der Waals surface area contributed by atoms with Crippen molar-refractivity contribution in [3.05, 3.63) is 63.1 Å². The minimum Gasteiger partial charge on any atom is -0.484 e. The summed E-state index contributed by atoms with van der Waals surface area (Å²) in [5.74, 6) is 0.135. The largest absolute Gasteiger partial charge is 0.484 e. The Hall–Kier alpha value is -2.05. The summed E-state index contributed by atoms with van der Waals surface area (Å²) in [4.78, 5) is 27.0. The van der Waals surface area contributed by atoms with Gasteiger partial charge in [-0.15, -0.1) is 0 Å². The molecule has 2 amide bonds. The average Bonchev–Trinajstić information content (AvgIpc) is 2.70. The molecule has 1 N–H and O–H groups in total. The van der Waals surface area contributed by atoms with Gasteiger partial charge in [-0.1, -0.05) is 46.6 Å². The highest BCUT2D eigenvalue weighted by atomic mass is 79.9. The molecule has 0 saturated carbocycles. The smallest absolute Gasteiger partial charge is 0.261 e. The maximum absolute atomic E-state index is 13.0. The zero-order valence-corrected chi connectivity index (χ0v) is 19.2. The second-order valence-corrected chi connectivity index (χ2v) is 8.11. The minimum absolute atomic E-state index is 0.160. The van der Waals surface area contributed by atoms with E-state index in [1.165, 1.54) is 4.90 Å². The van der Waals surface area contributed by atoms with Crippen molar-refractivity contribution in [3.63, 3.8) is 0 Å². The molecule has 0 heterocycles. The number of amides is 2. The molecule has 0 spiro atoms. The lowest BCUT2D eigenvalue weighted by molar-refractivity contribution is -0.142. The number of benzene rings is 2. The number of hydrogen-bond donors (Lipinski definition) is 1. The first-order chi connectivity index (χ1) is 13.8. The Kier molecular flexibility index (Phi) is 8.99. The van der Waals surface area contributed by atoms with Crippen molar-refractivity contribution < 1.29 is 14.3 Å². The number of nitrogens with zero attached hydrogens (tertiary/aromatic N) is 1. The number of aryl methyl sites for hydroxylation is 1. The third-order valence-corrected chi connectivity index (χ3v) is 5.58. The second kappa shape index (κ2) is 11.2. The Bertz CT molecular complexity index is 860. The number of nitrogens with one attached hydrogen (secondary N) is 1. The van der Waals surface area contributed by atoms with Crippen molar-refractivity contribution in [2.45, 2.75) is 39.8 Å². The molecule has 7 heteroatoms. The number of hydrogen-bond acceptors (Lipinski definition) is 3. The van der Waals surface area contributed by atoms with E-state index in [0.717, 1.165) is 22.0 Å². The van der Waals surface area contributed by atoms with Gasteiger partial charge in [0, 0.05) is 22.6 Å². The van der Waals surface area contributed by atoms with Gasteiger partial charge in [0.15, 0.2) is 6.61 Å². The zero-order chi connectivity index (χ0) is 21.4. The van der Waals surface area contributed by atoms with Gasteiger partial charge in [-0.3, -0.25) is 9.59 Å². The molecule has 156 valence electrons. The molecule has 0 aliphatic heterocycles. The normalized spacial score (nSPS) is 11.6. The van der Waals surface area contributed by atoms with Crippen LogP contribution >= 0.6 is 27.5 Å². The van der Waals surface area contributed by atoms with Gasteiger partial charge in [0.2, 0.25) is 5.91 Å². The van der Waals surface area contributed by atoms with E-state index in [-0.39, 0.29) is 25.0 Å². The molecule has 0 radical (unpaired) electrons. The lowest BCUT2D eigenvalue weighted by Gasteiger charge is -2.28. The molecular formula is C22H26BrClN2O3. The fourth-order valence-electron chi connectivity index (χ4n) is 2.75. The lowest BCUT2D eigenvalue weighted by atomic mass is 10.1. The van der Waals surface area contributed by atoms with Crippen LogP contribution < -0.4 is 10.1 Å². The number of rotatable bonds is 9. The van der Waals surface area contributed by atoms with Gasteiger partial charge in [-0.2, -0.15) is 0 Å². The molecule has 0 fully saturated rings. The number of carbonyl (C=O) groups is 2. The Labute approximate surface area is 185 Å². The van der Waals surface area contributed by atoms with Gasteiger partial charge in [-0.05, 0) is 61.7 Å². The zero-order valence-electron chi connectivity index (χ0n) is 16.9.